The van der Waals surface area contributed by atoms with Crippen LogP contribution in [0.25, 0.3) is 44.8 Å². The first-order valence-corrected chi connectivity index (χ1v) is 17.4. The maximum atomic E-state index is 15.4. The highest BCUT2D eigenvalue weighted by molar-refractivity contribution is 7.89. The molecule has 0 aliphatic carbocycles. The third-order valence-electron chi connectivity index (χ3n) is 7.48. The molecule has 0 fully saturated rings. The van der Waals surface area contributed by atoms with E-state index >= 15 is 8.78 Å². The van der Waals surface area contributed by atoms with Crippen LogP contribution in [0.3, 0.4) is 0 Å². The molecular weight excluding hydrogens is 704 g/mol. The Morgan fingerprint density at radius 1 is 0.511 bits per heavy atom. The highest BCUT2D eigenvalue weighted by Crippen LogP contribution is 2.36. The molecule has 11 heteroatoms. The van der Waals surface area contributed by atoms with Gasteiger partial charge < -0.3 is 0 Å². The quantitative estimate of drug-likeness (QED) is 0.157. The van der Waals surface area contributed by atoms with Crippen LogP contribution in [0.15, 0.2) is 109 Å². The summed E-state index contributed by atoms with van der Waals surface area (Å²) >= 11 is 24.5. The van der Waals surface area contributed by atoms with Gasteiger partial charge in [0, 0.05) is 45.8 Å². The third kappa shape index (κ3) is 7.35. The Hall–Kier alpha value is -3.85. The van der Waals surface area contributed by atoms with Crippen molar-refractivity contribution in [3.8, 4) is 44.8 Å². The zero-order valence-corrected chi connectivity index (χ0v) is 28.0. The molecule has 0 aliphatic heterocycles. The third-order valence-corrected chi connectivity index (χ3v) is 10.5. The van der Waals surface area contributed by atoms with Crippen molar-refractivity contribution >= 4 is 56.2 Å². The Morgan fingerprint density at radius 3 is 1.30 bits per heavy atom. The zero-order chi connectivity index (χ0) is 33.3. The summed E-state index contributed by atoms with van der Waals surface area (Å²) in [6.45, 7) is 0. The van der Waals surface area contributed by atoms with Gasteiger partial charge in [0.1, 0.15) is 11.6 Å². The Balaban J connectivity index is 1.23. The highest BCUT2D eigenvalue weighted by atomic mass is 35.5. The van der Waals surface area contributed by atoms with E-state index in [2.05, 4.69) is 9.97 Å². The molecule has 0 saturated heterocycles. The van der Waals surface area contributed by atoms with Crippen molar-refractivity contribution in [1.29, 1.82) is 0 Å². The van der Waals surface area contributed by atoms with Crippen molar-refractivity contribution < 1.29 is 17.2 Å². The van der Waals surface area contributed by atoms with Gasteiger partial charge >= 0.3 is 0 Å². The molecule has 47 heavy (non-hydrogen) atoms. The Labute approximate surface area is 290 Å². The molecule has 0 radical (unpaired) electrons. The van der Waals surface area contributed by atoms with Crippen LogP contribution in [0.1, 0.15) is 11.1 Å². The van der Waals surface area contributed by atoms with Gasteiger partial charge in [-0.25, -0.2) is 17.2 Å². The molecule has 6 rings (SSSR count). The lowest BCUT2D eigenvalue weighted by molar-refractivity contribution is 0.581. The van der Waals surface area contributed by atoms with E-state index in [1.54, 1.807) is 73.1 Å². The highest BCUT2D eigenvalue weighted by Gasteiger charge is 2.21. The number of aromatic nitrogens is 2. The Kier molecular flexibility index (Phi) is 9.65. The molecule has 0 aliphatic rings. The lowest BCUT2D eigenvalue weighted by Crippen LogP contribution is -2.10. The molecule has 2 aromatic heterocycles. The molecule has 6 aromatic rings. The summed E-state index contributed by atoms with van der Waals surface area (Å²) in [5.41, 5.74) is 4.62. The van der Waals surface area contributed by atoms with Crippen LogP contribution < -0.4 is 0 Å². The van der Waals surface area contributed by atoms with E-state index in [1.807, 2.05) is 12.1 Å². The van der Waals surface area contributed by atoms with Crippen LogP contribution in [-0.2, 0) is 21.3 Å². The maximum Gasteiger partial charge on any atom is 0.158 e. The molecule has 0 atom stereocenters. The fourth-order valence-corrected chi connectivity index (χ4v) is 7.33. The van der Waals surface area contributed by atoms with E-state index < -0.39 is 33.0 Å². The van der Waals surface area contributed by atoms with E-state index in [-0.39, 0.29) is 11.1 Å². The maximum absolute atomic E-state index is 15.4. The predicted octanol–water partition coefficient (Wildman–Crippen LogP) is 11.2. The average Bonchev–Trinajstić information content (AvgIpc) is 3.05. The van der Waals surface area contributed by atoms with Gasteiger partial charge in [-0.2, -0.15) is 0 Å². The molecule has 236 valence electrons. The molecule has 0 spiro atoms. The number of hydrogen-bond acceptors (Lipinski definition) is 4. The predicted molar refractivity (Wildman–Crippen MR) is 187 cm³/mol. The molecule has 4 aromatic carbocycles. The van der Waals surface area contributed by atoms with Gasteiger partial charge in [0.25, 0.3) is 0 Å². The normalized spacial score (nSPS) is 11.5. The number of halogens is 6. The summed E-state index contributed by atoms with van der Waals surface area (Å²) in [6.07, 6.45) is 3.16. The lowest BCUT2D eigenvalue weighted by Gasteiger charge is -2.13. The van der Waals surface area contributed by atoms with Crippen LogP contribution in [0.5, 0.6) is 0 Å². The topological polar surface area (TPSA) is 59.9 Å². The van der Waals surface area contributed by atoms with E-state index in [0.29, 0.717) is 53.7 Å². The van der Waals surface area contributed by atoms with Crippen molar-refractivity contribution in [2.24, 2.45) is 0 Å². The van der Waals surface area contributed by atoms with E-state index in [9.17, 15) is 8.42 Å². The van der Waals surface area contributed by atoms with Gasteiger partial charge in [-0.05, 0) is 59.7 Å². The summed E-state index contributed by atoms with van der Waals surface area (Å²) in [7, 11) is -3.97. The van der Waals surface area contributed by atoms with Crippen molar-refractivity contribution in [3.63, 3.8) is 0 Å². The average molecular weight is 726 g/mol. The number of benzene rings is 4. The van der Waals surface area contributed by atoms with E-state index in [1.165, 1.54) is 24.3 Å². The van der Waals surface area contributed by atoms with Crippen LogP contribution in [0.4, 0.5) is 8.78 Å². The Morgan fingerprint density at radius 2 is 0.915 bits per heavy atom. The summed E-state index contributed by atoms with van der Waals surface area (Å²) < 4.78 is 57.1. The van der Waals surface area contributed by atoms with Crippen molar-refractivity contribution in [2.75, 3.05) is 0 Å². The van der Waals surface area contributed by atoms with Crippen molar-refractivity contribution in [3.05, 3.63) is 152 Å². The number of rotatable bonds is 8. The fraction of sp³-hybridized carbons (Fsp3) is 0.0556. The van der Waals surface area contributed by atoms with Gasteiger partial charge in [-0.15, -0.1) is 0 Å². The second kappa shape index (κ2) is 13.7. The smallest absolute Gasteiger partial charge is 0.158 e. The van der Waals surface area contributed by atoms with E-state index in [0.717, 1.165) is 11.1 Å². The molecule has 0 saturated carbocycles. The van der Waals surface area contributed by atoms with Gasteiger partial charge in [-0.3, -0.25) is 9.97 Å². The first-order chi connectivity index (χ1) is 22.5. The van der Waals surface area contributed by atoms with Crippen LogP contribution in [-0.4, -0.2) is 18.4 Å². The standard InChI is InChI=1S/C36H22Cl4F2N2O2S/c37-29-11-9-21(15-31(29)39)27-3-1-13-43-35(27)23-5-7-25(33(41)17-23)19-47(45,46)20-26-8-6-24(18-34(26)42)36-28(4-2-14-44-36)22-10-12-30(38)32(40)16-22/h1-18H,19-20H2. The summed E-state index contributed by atoms with van der Waals surface area (Å²) in [5, 5.41) is 1.52. The van der Waals surface area contributed by atoms with Gasteiger partial charge in [0.05, 0.1) is 43.0 Å². The Bertz CT molecular complexity index is 2110. The van der Waals surface area contributed by atoms with Crippen LogP contribution >= 0.6 is 46.4 Å². The summed E-state index contributed by atoms with van der Waals surface area (Å²) in [4.78, 5) is 8.86. The number of nitrogens with zero attached hydrogens (tertiary/aromatic N) is 2. The second-order valence-electron chi connectivity index (χ2n) is 10.7. The zero-order valence-electron chi connectivity index (χ0n) is 24.2. The minimum Gasteiger partial charge on any atom is -0.256 e. The second-order valence-corrected chi connectivity index (χ2v) is 14.4. The van der Waals surface area contributed by atoms with Crippen molar-refractivity contribution in [2.45, 2.75) is 11.5 Å². The summed E-state index contributed by atoms with van der Waals surface area (Å²) in [5.74, 6) is -2.69. The fourth-order valence-electron chi connectivity index (χ4n) is 5.21. The molecule has 0 unspecified atom stereocenters. The molecule has 4 nitrogen and oxygen atoms in total. The number of sulfone groups is 1. The lowest BCUT2D eigenvalue weighted by atomic mass is 9.98. The van der Waals surface area contributed by atoms with Crippen LogP contribution in [0, 0.1) is 11.6 Å². The molecular formula is C36H22Cl4F2N2O2S. The SMILES string of the molecule is O=S(=O)(Cc1ccc(-c2ncccc2-c2ccc(Cl)c(Cl)c2)cc1F)Cc1ccc(-c2ncccc2-c2ccc(Cl)c(Cl)c2)cc1F. The minimum atomic E-state index is -3.97. The van der Waals surface area contributed by atoms with Crippen molar-refractivity contribution in [1.82, 2.24) is 9.97 Å². The van der Waals surface area contributed by atoms with Crippen LogP contribution in [0.2, 0.25) is 20.1 Å². The van der Waals surface area contributed by atoms with E-state index in [4.69, 9.17) is 46.4 Å². The van der Waals surface area contributed by atoms with Gasteiger partial charge in [0.2, 0.25) is 0 Å². The minimum absolute atomic E-state index is 0.0439. The largest absolute Gasteiger partial charge is 0.256 e. The first kappa shape index (κ1) is 33.1. The molecule has 0 amide bonds. The van der Waals surface area contributed by atoms with Gasteiger partial charge in [-0.1, -0.05) is 94.9 Å². The summed E-state index contributed by atoms with van der Waals surface area (Å²) in [6, 6.07) is 25.9. The molecule has 0 N–H and O–H groups in total. The molecule has 2 heterocycles. The number of pyridine rings is 2. The monoisotopic (exact) mass is 724 g/mol. The number of hydrogen-bond donors (Lipinski definition) is 0. The van der Waals surface area contributed by atoms with Gasteiger partial charge in [0.15, 0.2) is 9.84 Å². The molecule has 0 bridgehead atoms. The first-order valence-electron chi connectivity index (χ1n) is 14.1.